The van der Waals surface area contributed by atoms with Crippen molar-refractivity contribution in [3.63, 3.8) is 0 Å². The fourth-order valence-corrected chi connectivity index (χ4v) is 3.80. The molecule has 1 saturated carbocycles. The average molecular weight is 317 g/mol. The summed E-state index contributed by atoms with van der Waals surface area (Å²) in [4.78, 5) is 16.5. The number of hydrogen-bond acceptors (Lipinski definition) is 5. The van der Waals surface area contributed by atoms with Crippen LogP contribution in [-0.4, -0.2) is 34.1 Å². The van der Waals surface area contributed by atoms with Gasteiger partial charge >= 0.3 is 0 Å². The van der Waals surface area contributed by atoms with Gasteiger partial charge in [0.1, 0.15) is 0 Å². The second-order valence-corrected chi connectivity index (χ2v) is 7.54. The average Bonchev–Trinajstić information content (AvgIpc) is 3.10. The van der Waals surface area contributed by atoms with Gasteiger partial charge in [-0.1, -0.05) is 0 Å². The molecule has 0 N–H and O–H groups in total. The quantitative estimate of drug-likeness (QED) is 0.872. The molecule has 2 aliphatic rings. The molecule has 1 atom stereocenters. The summed E-state index contributed by atoms with van der Waals surface area (Å²) in [5, 5.41) is 8.41. The smallest absolute Gasteiger partial charge is 0.257 e. The number of carbonyl (C=O) groups is 1. The highest BCUT2D eigenvalue weighted by Gasteiger charge is 2.36. The van der Waals surface area contributed by atoms with E-state index in [1.54, 1.807) is 11.3 Å². The third kappa shape index (κ3) is 2.67. The third-order valence-corrected chi connectivity index (χ3v) is 5.39. The van der Waals surface area contributed by atoms with Crippen LogP contribution in [0.1, 0.15) is 42.4 Å². The van der Waals surface area contributed by atoms with Crippen LogP contribution in [0.5, 0.6) is 0 Å². The number of amides is 1. The number of likely N-dealkylation sites (tertiary alicyclic amines) is 1. The van der Waals surface area contributed by atoms with Gasteiger partial charge in [-0.25, -0.2) is 0 Å². The van der Waals surface area contributed by atoms with Gasteiger partial charge in [0.05, 0.1) is 10.8 Å². The fourth-order valence-electron chi connectivity index (χ4n) is 3.02. The van der Waals surface area contributed by atoms with Gasteiger partial charge in [0, 0.05) is 23.9 Å². The molecule has 0 bridgehead atoms. The Hall–Kier alpha value is -1.69. The molecule has 0 spiro atoms. The molecule has 1 aliphatic carbocycles. The SMILES string of the molecule is Cc1ccc(-c2nnc([C@@H]3CCCN(C(=O)C4CC4)C3)o2)s1. The predicted octanol–water partition coefficient (Wildman–Crippen LogP) is 3.22. The predicted molar refractivity (Wildman–Crippen MR) is 83.6 cm³/mol. The second-order valence-electron chi connectivity index (χ2n) is 6.25. The van der Waals surface area contributed by atoms with Crippen LogP contribution < -0.4 is 0 Å². The van der Waals surface area contributed by atoms with Crippen molar-refractivity contribution in [2.24, 2.45) is 5.92 Å². The minimum Gasteiger partial charge on any atom is -0.420 e. The molecule has 2 aromatic heterocycles. The minimum atomic E-state index is 0.179. The van der Waals surface area contributed by atoms with E-state index in [4.69, 9.17) is 4.42 Å². The Morgan fingerprint density at radius 2 is 2.18 bits per heavy atom. The summed E-state index contributed by atoms with van der Waals surface area (Å²) in [5.41, 5.74) is 0. The molecule has 4 rings (SSSR count). The number of carbonyl (C=O) groups excluding carboxylic acids is 1. The summed E-state index contributed by atoms with van der Waals surface area (Å²) in [7, 11) is 0. The molecule has 1 saturated heterocycles. The van der Waals surface area contributed by atoms with Crippen molar-refractivity contribution in [1.82, 2.24) is 15.1 Å². The molecular weight excluding hydrogens is 298 g/mol. The van der Waals surface area contributed by atoms with E-state index in [1.165, 1.54) is 4.88 Å². The maximum atomic E-state index is 12.2. The van der Waals surface area contributed by atoms with Crippen LogP contribution in [0.3, 0.4) is 0 Å². The third-order valence-electron chi connectivity index (χ3n) is 4.40. The summed E-state index contributed by atoms with van der Waals surface area (Å²) in [6, 6.07) is 4.07. The fraction of sp³-hybridized carbons (Fsp3) is 0.562. The van der Waals surface area contributed by atoms with Crippen molar-refractivity contribution < 1.29 is 9.21 Å². The van der Waals surface area contributed by atoms with E-state index >= 15 is 0 Å². The molecule has 1 aliphatic heterocycles. The standard InChI is InChI=1S/C16H19N3O2S/c1-10-4-7-13(22-10)15-18-17-14(21-15)12-3-2-8-19(9-12)16(20)11-5-6-11/h4,7,11-12H,2-3,5-6,8-9H2,1H3/t12-/m1/s1. The van der Waals surface area contributed by atoms with Gasteiger partial charge in [-0.3, -0.25) is 4.79 Å². The Balaban J connectivity index is 1.49. The molecule has 6 heteroatoms. The lowest BCUT2D eigenvalue weighted by Gasteiger charge is -2.31. The van der Waals surface area contributed by atoms with Crippen LogP contribution in [0.15, 0.2) is 16.5 Å². The lowest BCUT2D eigenvalue weighted by Crippen LogP contribution is -2.40. The van der Waals surface area contributed by atoms with Crippen LogP contribution in [0, 0.1) is 12.8 Å². The van der Waals surface area contributed by atoms with Gasteiger partial charge in [-0.15, -0.1) is 21.5 Å². The van der Waals surface area contributed by atoms with Gasteiger partial charge < -0.3 is 9.32 Å². The van der Waals surface area contributed by atoms with E-state index in [2.05, 4.69) is 23.2 Å². The maximum Gasteiger partial charge on any atom is 0.257 e. The zero-order valence-corrected chi connectivity index (χ0v) is 13.4. The molecule has 22 heavy (non-hydrogen) atoms. The first kappa shape index (κ1) is 13.9. The van der Waals surface area contributed by atoms with Gasteiger partial charge in [0.2, 0.25) is 11.8 Å². The van der Waals surface area contributed by atoms with E-state index in [9.17, 15) is 4.79 Å². The molecule has 2 fully saturated rings. The van der Waals surface area contributed by atoms with Gasteiger partial charge in [0.25, 0.3) is 5.89 Å². The summed E-state index contributed by atoms with van der Waals surface area (Å²) in [6.45, 7) is 3.66. The molecule has 2 aromatic rings. The molecule has 3 heterocycles. The van der Waals surface area contributed by atoms with Crippen LogP contribution in [0.2, 0.25) is 0 Å². The summed E-state index contributed by atoms with van der Waals surface area (Å²) < 4.78 is 5.88. The zero-order valence-electron chi connectivity index (χ0n) is 12.6. The highest BCUT2D eigenvalue weighted by Crippen LogP contribution is 2.35. The Labute approximate surface area is 133 Å². The molecule has 0 radical (unpaired) electrons. The van der Waals surface area contributed by atoms with Crippen molar-refractivity contribution >= 4 is 17.2 Å². The second kappa shape index (κ2) is 5.50. The molecule has 0 unspecified atom stereocenters. The van der Waals surface area contributed by atoms with Crippen LogP contribution in [0.25, 0.3) is 10.8 Å². The van der Waals surface area contributed by atoms with Crippen LogP contribution in [0.4, 0.5) is 0 Å². The zero-order chi connectivity index (χ0) is 15.1. The Morgan fingerprint density at radius 1 is 1.32 bits per heavy atom. The number of aromatic nitrogens is 2. The number of thiophene rings is 1. The van der Waals surface area contributed by atoms with E-state index < -0.39 is 0 Å². The van der Waals surface area contributed by atoms with Gasteiger partial charge in [-0.05, 0) is 44.7 Å². The normalized spacial score (nSPS) is 22.0. The van der Waals surface area contributed by atoms with Crippen molar-refractivity contribution in [3.8, 4) is 10.8 Å². The van der Waals surface area contributed by atoms with Crippen molar-refractivity contribution in [1.29, 1.82) is 0 Å². The minimum absolute atomic E-state index is 0.179. The Morgan fingerprint density at radius 3 is 2.91 bits per heavy atom. The van der Waals surface area contributed by atoms with Crippen LogP contribution >= 0.6 is 11.3 Å². The summed E-state index contributed by atoms with van der Waals surface area (Å²) in [6.07, 6.45) is 4.14. The topological polar surface area (TPSA) is 59.2 Å². The van der Waals surface area contributed by atoms with Gasteiger partial charge in [0.15, 0.2) is 0 Å². The number of rotatable bonds is 3. The number of aryl methyl sites for hydroxylation is 1. The highest BCUT2D eigenvalue weighted by atomic mass is 32.1. The molecule has 1 amide bonds. The van der Waals surface area contributed by atoms with Crippen molar-refractivity contribution in [2.75, 3.05) is 13.1 Å². The Kier molecular flexibility index (Phi) is 3.48. The van der Waals surface area contributed by atoms with E-state index in [-0.39, 0.29) is 11.8 Å². The molecular formula is C16H19N3O2S. The highest BCUT2D eigenvalue weighted by molar-refractivity contribution is 7.15. The maximum absolute atomic E-state index is 12.2. The monoisotopic (exact) mass is 317 g/mol. The molecule has 116 valence electrons. The number of hydrogen-bond donors (Lipinski definition) is 0. The lowest BCUT2D eigenvalue weighted by molar-refractivity contribution is -0.133. The first-order valence-corrected chi connectivity index (χ1v) is 8.71. The van der Waals surface area contributed by atoms with E-state index in [0.29, 0.717) is 17.7 Å². The summed E-state index contributed by atoms with van der Waals surface area (Å²) >= 11 is 1.66. The Bertz CT molecular complexity index is 689. The number of nitrogens with zero attached hydrogens (tertiary/aromatic N) is 3. The number of piperidine rings is 1. The van der Waals surface area contributed by atoms with E-state index in [1.807, 2.05) is 11.0 Å². The van der Waals surface area contributed by atoms with Crippen molar-refractivity contribution in [3.05, 3.63) is 22.9 Å². The first-order valence-electron chi connectivity index (χ1n) is 7.89. The first-order chi connectivity index (χ1) is 10.7. The van der Waals surface area contributed by atoms with Crippen molar-refractivity contribution in [2.45, 2.75) is 38.5 Å². The lowest BCUT2D eigenvalue weighted by atomic mass is 9.97. The van der Waals surface area contributed by atoms with Gasteiger partial charge in [-0.2, -0.15) is 0 Å². The van der Waals surface area contributed by atoms with E-state index in [0.717, 1.165) is 43.6 Å². The molecule has 0 aromatic carbocycles. The molecule has 5 nitrogen and oxygen atoms in total. The van der Waals surface area contributed by atoms with Crippen LogP contribution in [-0.2, 0) is 4.79 Å². The largest absolute Gasteiger partial charge is 0.420 e. The summed E-state index contributed by atoms with van der Waals surface area (Å²) in [5.74, 6) is 2.05.